The first-order valence-corrected chi connectivity index (χ1v) is 5.96. The molecule has 0 radical (unpaired) electrons. The molecule has 0 N–H and O–H groups in total. The fraction of sp³-hybridized carbons (Fsp3) is 0.273. The number of rotatable bonds is 4. The van der Waals surface area contributed by atoms with Crippen molar-refractivity contribution in [3.63, 3.8) is 0 Å². The van der Waals surface area contributed by atoms with Gasteiger partial charge in [-0.3, -0.25) is 0 Å². The van der Waals surface area contributed by atoms with E-state index in [1.165, 1.54) is 23.9 Å². The molecule has 0 fully saturated rings. The molecule has 0 amide bonds. The molecule has 1 heterocycles. The minimum Gasteiger partial charge on any atom is -0.416 e. The van der Waals surface area contributed by atoms with Gasteiger partial charge >= 0.3 is 0 Å². The summed E-state index contributed by atoms with van der Waals surface area (Å²) in [5.74, 6) is 1.16. The molecule has 0 atom stereocenters. The van der Waals surface area contributed by atoms with Gasteiger partial charge in [-0.05, 0) is 23.4 Å². The van der Waals surface area contributed by atoms with E-state index in [0.717, 1.165) is 11.3 Å². The molecule has 0 spiro atoms. The number of benzene rings is 1. The first-order chi connectivity index (χ1) is 7.78. The van der Waals surface area contributed by atoms with Gasteiger partial charge < -0.3 is 4.42 Å². The average molecular weight is 238 g/mol. The van der Waals surface area contributed by atoms with Gasteiger partial charge in [-0.2, -0.15) is 0 Å². The molecule has 5 heteroatoms. The lowest BCUT2D eigenvalue weighted by atomic mass is 10.1. The van der Waals surface area contributed by atoms with Gasteiger partial charge in [-0.25, -0.2) is 4.39 Å². The zero-order chi connectivity index (χ0) is 11.4. The van der Waals surface area contributed by atoms with Crippen LogP contribution in [0.2, 0.25) is 0 Å². The summed E-state index contributed by atoms with van der Waals surface area (Å²) in [5, 5.41) is 8.34. The van der Waals surface area contributed by atoms with Crippen molar-refractivity contribution in [3.05, 3.63) is 41.5 Å². The minimum absolute atomic E-state index is 0.250. The summed E-state index contributed by atoms with van der Waals surface area (Å²) in [6.07, 6.45) is 0.467. The van der Waals surface area contributed by atoms with Gasteiger partial charge in [0.15, 0.2) is 0 Å². The van der Waals surface area contributed by atoms with Gasteiger partial charge in [-0.1, -0.05) is 30.8 Å². The smallest absolute Gasteiger partial charge is 0.276 e. The predicted octanol–water partition coefficient (Wildman–Crippen LogP) is 2.91. The third kappa shape index (κ3) is 2.82. The number of aromatic nitrogens is 2. The van der Waals surface area contributed by atoms with Crippen molar-refractivity contribution in [2.75, 3.05) is 5.75 Å². The van der Waals surface area contributed by atoms with Gasteiger partial charge in [-0.15, -0.1) is 10.2 Å². The van der Waals surface area contributed by atoms with Crippen LogP contribution in [0.25, 0.3) is 0 Å². The standard InChI is InChI=1S/C11H11FN2OS/c1-2-16-11-14-13-10(15-11)7-8-4-3-5-9(12)6-8/h3-6H,2,7H2,1H3. The highest BCUT2D eigenvalue weighted by Gasteiger charge is 2.06. The van der Waals surface area contributed by atoms with Gasteiger partial charge in [0.2, 0.25) is 5.89 Å². The summed E-state index contributed by atoms with van der Waals surface area (Å²) >= 11 is 1.50. The second kappa shape index (κ2) is 5.12. The Balaban J connectivity index is 2.08. The Morgan fingerprint density at radius 1 is 1.38 bits per heavy atom. The molecule has 2 aromatic rings. The molecule has 1 aromatic heterocycles. The monoisotopic (exact) mass is 238 g/mol. The fourth-order valence-electron chi connectivity index (χ4n) is 1.31. The highest BCUT2D eigenvalue weighted by molar-refractivity contribution is 7.99. The van der Waals surface area contributed by atoms with Crippen LogP contribution < -0.4 is 0 Å². The van der Waals surface area contributed by atoms with E-state index in [1.807, 2.05) is 13.0 Å². The Bertz CT molecular complexity index is 473. The van der Waals surface area contributed by atoms with E-state index < -0.39 is 0 Å². The maximum absolute atomic E-state index is 12.9. The highest BCUT2D eigenvalue weighted by Crippen LogP contribution is 2.17. The molecule has 0 aliphatic rings. The Morgan fingerprint density at radius 2 is 2.25 bits per heavy atom. The molecule has 0 aliphatic heterocycles. The van der Waals surface area contributed by atoms with Crippen molar-refractivity contribution in [1.82, 2.24) is 10.2 Å². The first-order valence-electron chi connectivity index (χ1n) is 4.97. The third-order valence-corrected chi connectivity index (χ3v) is 2.66. The Labute approximate surface area is 97.1 Å². The van der Waals surface area contributed by atoms with Crippen LogP contribution in [0.4, 0.5) is 4.39 Å². The van der Waals surface area contributed by atoms with E-state index in [0.29, 0.717) is 17.5 Å². The number of thioether (sulfide) groups is 1. The van der Waals surface area contributed by atoms with Crippen molar-refractivity contribution >= 4 is 11.8 Å². The van der Waals surface area contributed by atoms with Crippen LogP contribution >= 0.6 is 11.8 Å². The Kier molecular flexibility index (Phi) is 3.56. The lowest BCUT2D eigenvalue weighted by Gasteiger charge is -1.96. The normalized spacial score (nSPS) is 10.6. The second-order valence-corrected chi connectivity index (χ2v) is 4.42. The van der Waals surface area contributed by atoms with Gasteiger partial charge in [0.05, 0.1) is 6.42 Å². The molecule has 0 unspecified atom stereocenters. The average Bonchev–Trinajstić information content (AvgIpc) is 2.66. The van der Waals surface area contributed by atoms with Crippen LogP contribution in [0.1, 0.15) is 18.4 Å². The SMILES string of the molecule is CCSc1nnc(Cc2cccc(F)c2)o1. The first kappa shape index (κ1) is 11.1. The van der Waals surface area contributed by atoms with E-state index >= 15 is 0 Å². The quantitative estimate of drug-likeness (QED) is 0.768. The van der Waals surface area contributed by atoms with E-state index in [9.17, 15) is 4.39 Å². The summed E-state index contributed by atoms with van der Waals surface area (Å²) in [7, 11) is 0. The molecule has 1 aromatic carbocycles. The molecule has 0 saturated heterocycles. The van der Waals surface area contributed by atoms with E-state index in [2.05, 4.69) is 10.2 Å². The zero-order valence-electron chi connectivity index (χ0n) is 8.81. The summed E-state index contributed by atoms with van der Waals surface area (Å²) in [4.78, 5) is 0. The third-order valence-electron chi connectivity index (χ3n) is 1.96. The number of hydrogen-bond donors (Lipinski definition) is 0. The summed E-state index contributed by atoms with van der Waals surface area (Å²) in [6.45, 7) is 2.01. The summed E-state index contributed by atoms with van der Waals surface area (Å²) in [6, 6.07) is 6.38. The summed E-state index contributed by atoms with van der Waals surface area (Å²) in [5.41, 5.74) is 0.830. The van der Waals surface area contributed by atoms with Crippen LogP contribution in [0.3, 0.4) is 0 Å². The van der Waals surface area contributed by atoms with Gasteiger partial charge in [0.1, 0.15) is 5.82 Å². The topological polar surface area (TPSA) is 38.9 Å². The maximum atomic E-state index is 12.9. The van der Waals surface area contributed by atoms with Crippen molar-refractivity contribution < 1.29 is 8.81 Å². The van der Waals surface area contributed by atoms with Crippen LogP contribution in [-0.4, -0.2) is 16.0 Å². The van der Waals surface area contributed by atoms with Crippen LogP contribution in [0, 0.1) is 5.82 Å². The maximum Gasteiger partial charge on any atom is 0.276 e. The second-order valence-electron chi connectivity index (χ2n) is 3.20. The van der Waals surface area contributed by atoms with E-state index in [1.54, 1.807) is 6.07 Å². The van der Waals surface area contributed by atoms with Crippen LogP contribution in [0.5, 0.6) is 0 Å². The van der Waals surface area contributed by atoms with Crippen molar-refractivity contribution in [2.24, 2.45) is 0 Å². The number of hydrogen-bond acceptors (Lipinski definition) is 4. The lowest BCUT2D eigenvalue weighted by molar-refractivity contribution is 0.420. The highest BCUT2D eigenvalue weighted by atomic mass is 32.2. The molecular formula is C11H11FN2OS. The molecule has 2 rings (SSSR count). The molecule has 16 heavy (non-hydrogen) atoms. The molecule has 84 valence electrons. The molecule has 0 bridgehead atoms. The van der Waals surface area contributed by atoms with E-state index in [4.69, 9.17) is 4.42 Å². The van der Waals surface area contributed by atoms with Gasteiger partial charge in [0.25, 0.3) is 5.22 Å². The lowest BCUT2D eigenvalue weighted by Crippen LogP contribution is -1.89. The Morgan fingerprint density at radius 3 is 3.00 bits per heavy atom. The number of nitrogens with zero attached hydrogens (tertiary/aromatic N) is 2. The fourth-order valence-corrected chi connectivity index (χ4v) is 1.81. The summed E-state index contributed by atoms with van der Waals surface area (Å²) < 4.78 is 18.3. The predicted molar refractivity (Wildman–Crippen MR) is 59.9 cm³/mol. The van der Waals surface area contributed by atoms with Crippen molar-refractivity contribution in [2.45, 2.75) is 18.6 Å². The molecule has 3 nitrogen and oxygen atoms in total. The van der Waals surface area contributed by atoms with Crippen molar-refractivity contribution in [3.8, 4) is 0 Å². The van der Waals surface area contributed by atoms with Gasteiger partial charge in [0, 0.05) is 0 Å². The number of halogens is 1. The van der Waals surface area contributed by atoms with E-state index in [-0.39, 0.29) is 5.82 Å². The molecule has 0 aliphatic carbocycles. The minimum atomic E-state index is -0.250. The van der Waals surface area contributed by atoms with Crippen molar-refractivity contribution in [1.29, 1.82) is 0 Å². The zero-order valence-corrected chi connectivity index (χ0v) is 9.63. The van der Waals surface area contributed by atoms with Crippen LogP contribution in [0.15, 0.2) is 33.9 Å². The Hall–Kier alpha value is -1.36. The van der Waals surface area contributed by atoms with Crippen LogP contribution in [-0.2, 0) is 6.42 Å². The molecule has 0 saturated carbocycles. The largest absolute Gasteiger partial charge is 0.416 e. The molecular weight excluding hydrogens is 227 g/mol.